The maximum absolute atomic E-state index is 12.2. The average molecular weight is 342 g/mol. The number of aromatic nitrogens is 2. The molecule has 4 rings (SSSR count). The molecule has 1 aromatic heterocycles. The van der Waals surface area contributed by atoms with Gasteiger partial charge >= 0.3 is 0 Å². The number of amides is 2. The predicted octanol–water partition coefficient (Wildman–Crippen LogP) is 1.08. The molecule has 25 heavy (non-hydrogen) atoms. The SMILES string of the molecule is Cn1nc(C2CCC(=O)NC2=O)c2cc(OC[C@@H]3CCNC3)ccc21. The van der Waals surface area contributed by atoms with Crippen molar-refractivity contribution in [3.63, 3.8) is 0 Å². The number of benzene rings is 1. The minimum atomic E-state index is -0.393. The van der Waals surface area contributed by atoms with E-state index >= 15 is 0 Å². The van der Waals surface area contributed by atoms with Gasteiger partial charge in [0.2, 0.25) is 11.8 Å². The number of nitrogens with zero attached hydrogens (tertiary/aromatic N) is 2. The first-order valence-corrected chi connectivity index (χ1v) is 8.75. The fourth-order valence-electron chi connectivity index (χ4n) is 3.64. The molecule has 0 bridgehead atoms. The molecule has 132 valence electrons. The number of rotatable bonds is 4. The fraction of sp³-hybridized carbons (Fsp3) is 0.500. The number of carbonyl (C=O) groups is 2. The van der Waals surface area contributed by atoms with Crippen LogP contribution in [-0.2, 0) is 16.6 Å². The Morgan fingerprint density at radius 3 is 2.96 bits per heavy atom. The summed E-state index contributed by atoms with van der Waals surface area (Å²) in [6.07, 6.45) is 1.98. The molecule has 2 saturated heterocycles. The van der Waals surface area contributed by atoms with Gasteiger partial charge in [0.15, 0.2) is 0 Å². The molecule has 0 aliphatic carbocycles. The molecule has 0 radical (unpaired) electrons. The van der Waals surface area contributed by atoms with E-state index in [4.69, 9.17) is 4.74 Å². The maximum atomic E-state index is 12.2. The maximum Gasteiger partial charge on any atom is 0.235 e. The van der Waals surface area contributed by atoms with E-state index in [1.807, 2.05) is 25.2 Å². The van der Waals surface area contributed by atoms with Gasteiger partial charge in [0.25, 0.3) is 0 Å². The Hall–Kier alpha value is -2.41. The molecule has 2 aliphatic rings. The van der Waals surface area contributed by atoms with Gasteiger partial charge < -0.3 is 10.1 Å². The van der Waals surface area contributed by atoms with Gasteiger partial charge in [-0.05, 0) is 37.6 Å². The van der Waals surface area contributed by atoms with E-state index in [2.05, 4.69) is 15.7 Å². The molecule has 0 spiro atoms. The fourth-order valence-corrected chi connectivity index (χ4v) is 3.64. The van der Waals surface area contributed by atoms with Crippen molar-refractivity contribution < 1.29 is 14.3 Å². The highest BCUT2D eigenvalue weighted by atomic mass is 16.5. The van der Waals surface area contributed by atoms with Crippen molar-refractivity contribution in [3.05, 3.63) is 23.9 Å². The number of aryl methyl sites for hydroxylation is 1. The Labute approximate surface area is 145 Å². The molecule has 2 fully saturated rings. The van der Waals surface area contributed by atoms with Crippen molar-refractivity contribution in [2.75, 3.05) is 19.7 Å². The Kier molecular flexibility index (Phi) is 4.17. The van der Waals surface area contributed by atoms with E-state index in [1.54, 1.807) is 4.68 Å². The molecular formula is C18H22N4O3. The van der Waals surface area contributed by atoms with Crippen LogP contribution in [0.5, 0.6) is 5.75 Å². The topological polar surface area (TPSA) is 85.2 Å². The molecule has 2 aliphatic heterocycles. The van der Waals surface area contributed by atoms with Gasteiger partial charge in [-0.1, -0.05) is 0 Å². The van der Waals surface area contributed by atoms with Crippen LogP contribution in [0, 0.1) is 5.92 Å². The summed E-state index contributed by atoms with van der Waals surface area (Å²) in [7, 11) is 1.86. The molecule has 1 unspecified atom stereocenters. The zero-order valence-electron chi connectivity index (χ0n) is 14.2. The van der Waals surface area contributed by atoms with E-state index in [-0.39, 0.29) is 11.8 Å². The molecular weight excluding hydrogens is 320 g/mol. The minimum absolute atomic E-state index is 0.212. The number of carbonyl (C=O) groups excluding carboxylic acids is 2. The first-order valence-electron chi connectivity index (χ1n) is 8.75. The zero-order chi connectivity index (χ0) is 17.4. The van der Waals surface area contributed by atoms with Crippen LogP contribution in [0.15, 0.2) is 18.2 Å². The van der Waals surface area contributed by atoms with Crippen molar-refractivity contribution in [2.45, 2.75) is 25.2 Å². The third kappa shape index (κ3) is 3.11. The van der Waals surface area contributed by atoms with Crippen LogP contribution < -0.4 is 15.4 Å². The van der Waals surface area contributed by atoms with Crippen LogP contribution in [-0.4, -0.2) is 41.3 Å². The standard InChI is InChI=1S/C18H22N4O3/c1-22-15-4-2-12(25-10-11-6-7-19-9-11)8-14(15)17(21-22)13-3-5-16(23)20-18(13)24/h2,4,8,11,13,19H,3,5-7,9-10H2,1H3,(H,20,23,24)/t11-,13?/m1/s1. The third-order valence-electron chi connectivity index (χ3n) is 5.07. The highest BCUT2D eigenvalue weighted by molar-refractivity contribution is 6.02. The van der Waals surface area contributed by atoms with Crippen molar-refractivity contribution in [3.8, 4) is 5.75 Å². The van der Waals surface area contributed by atoms with Gasteiger partial charge in [0.1, 0.15) is 5.75 Å². The Morgan fingerprint density at radius 1 is 1.32 bits per heavy atom. The molecule has 2 amide bonds. The first kappa shape index (κ1) is 16.1. The quantitative estimate of drug-likeness (QED) is 0.812. The van der Waals surface area contributed by atoms with Crippen LogP contribution in [0.2, 0.25) is 0 Å². The van der Waals surface area contributed by atoms with Crippen LogP contribution in [0.1, 0.15) is 30.9 Å². The van der Waals surface area contributed by atoms with E-state index in [1.165, 1.54) is 0 Å². The van der Waals surface area contributed by atoms with Gasteiger partial charge in [-0.15, -0.1) is 0 Å². The van der Waals surface area contributed by atoms with E-state index < -0.39 is 5.92 Å². The molecule has 1 aromatic carbocycles. The lowest BCUT2D eigenvalue weighted by Crippen LogP contribution is -2.39. The van der Waals surface area contributed by atoms with Gasteiger partial charge in [-0.3, -0.25) is 19.6 Å². The minimum Gasteiger partial charge on any atom is -0.493 e. The summed E-state index contributed by atoms with van der Waals surface area (Å²) >= 11 is 0. The Balaban J connectivity index is 1.61. The van der Waals surface area contributed by atoms with Gasteiger partial charge in [0.05, 0.1) is 23.7 Å². The molecule has 7 nitrogen and oxygen atoms in total. The summed E-state index contributed by atoms with van der Waals surface area (Å²) in [6, 6.07) is 5.88. The van der Waals surface area contributed by atoms with Crippen LogP contribution in [0.3, 0.4) is 0 Å². The zero-order valence-corrected chi connectivity index (χ0v) is 14.2. The Bertz CT molecular complexity index is 823. The van der Waals surface area contributed by atoms with Crippen LogP contribution in [0.25, 0.3) is 10.9 Å². The van der Waals surface area contributed by atoms with Crippen molar-refractivity contribution in [1.82, 2.24) is 20.4 Å². The summed E-state index contributed by atoms with van der Waals surface area (Å²) in [5.74, 6) is 0.464. The van der Waals surface area contributed by atoms with E-state index in [9.17, 15) is 9.59 Å². The van der Waals surface area contributed by atoms with Crippen LogP contribution >= 0.6 is 0 Å². The molecule has 7 heteroatoms. The number of hydrogen-bond acceptors (Lipinski definition) is 5. The second-order valence-corrected chi connectivity index (χ2v) is 6.86. The number of hydrogen-bond donors (Lipinski definition) is 2. The largest absolute Gasteiger partial charge is 0.493 e. The van der Waals surface area contributed by atoms with Crippen molar-refractivity contribution in [2.24, 2.45) is 13.0 Å². The summed E-state index contributed by atoms with van der Waals surface area (Å²) < 4.78 is 7.74. The van der Waals surface area contributed by atoms with Crippen molar-refractivity contribution in [1.29, 1.82) is 0 Å². The number of piperidine rings is 1. The monoisotopic (exact) mass is 342 g/mol. The molecule has 2 aromatic rings. The molecule has 0 saturated carbocycles. The van der Waals surface area contributed by atoms with Gasteiger partial charge in [0, 0.05) is 31.3 Å². The molecule has 2 N–H and O–H groups in total. The lowest BCUT2D eigenvalue weighted by atomic mass is 9.93. The lowest BCUT2D eigenvalue weighted by molar-refractivity contribution is -0.134. The summed E-state index contributed by atoms with van der Waals surface area (Å²) in [5.41, 5.74) is 1.67. The second-order valence-electron chi connectivity index (χ2n) is 6.86. The number of ether oxygens (including phenoxy) is 1. The highest BCUT2D eigenvalue weighted by Crippen LogP contribution is 2.32. The third-order valence-corrected chi connectivity index (χ3v) is 5.07. The summed E-state index contributed by atoms with van der Waals surface area (Å²) in [4.78, 5) is 23.6. The molecule has 3 heterocycles. The van der Waals surface area contributed by atoms with Gasteiger partial charge in [-0.25, -0.2) is 0 Å². The lowest BCUT2D eigenvalue weighted by Gasteiger charge is -2.19. The number of fused-ring (bicyclic) bond motifs is 1. The molecule has 2 atom stereocenters. The Morgan fingerprint density at radius 2 is 2.20 bits per heavy atom. The van der Waals surface area contributed by atoms with Crippen molar-refractivity contribution >= 4 is 22.7 Å². The second kappa shape index (κ2) is 6.48. The van der Waals surface area contributed by atoms with Crippen LogP contribution in [0.4, 0.5) is 0 Å². The number of imide groups is 1. The first-order chi connectivity index (χ1) is 12.1. The predicted molar refractivity (Wildman–Crippen MR) is 92.3 cm³/mol. The normalized spacial score (nSPS) is 23.9. The smallest absolute Gasteiger partial charge is 0.235 e. The van der Waals surface area contributed by atoms with Gasteiger partial charge in [-0.2, -0.15) is 5.10 Å². The summed E-state index contributed by atoms with van der Waals surface area (Å²) in [5, 5.41) is 11.2. The highest BCUT2D eigenvalue weighted by Gasteiger charge is 2.31. The van der Waals surface area contributed by atoms with E-state index in [0.29, 0.717) is 25.4 Å². The number of nitrogens with one attached hydrogen (secondary N) is 2. The van der Waals surface area contributed by atoms with E-state index in [0.717, 1.165) is 41.9 Å². The summed E-state index contributed by atoms with van der Waals surface area (Å²) in [6.45, 7) is 2.73. The average Bonchev–Trinajstić information content (AvgIpc) is 3.21.